The average molecular weight is 715 g/mol. The van der Waals surface area contributed by atoms with Gasteiger partial charge in [-0.15, -0.1) is 45.3 Å². The number of nitrogens with zero attached hydrogens (tertiary/aromatic N) is 4. The second-order valence-electron chi connectivity index (χ2n) is 12.0. The average Bonchev–Trinajstić information content (AvgIpc) is 3.91. The molecule has 238 valence electrons. The summed E-state index contributed by atoms with van der Waals surface area (Å²) < 4.78 is 5.74. The number of thiophene rings is 4. The van der Waals surface area contributed by atoms with E-state index >= 15 is 0 Å². The van der Waals surface area contributed by atoms with Crippen LogP contribution in [-0.4, -0.2) is 0 Å². The van der Waals surface area contributed by atoms with Crippen molar-refractivity contribution in [3.63, 3.8) is 0 Å². The van der Waals surface area contributed by atoms with Crippen LogP contribution < -0.4 is 18.1 Å². The lowest BCUT2D eigenvalue weighted by atomic mass is 9.87. The summed E-state index contributed by atoms with van der Waals surface area (Å²) in [6.07, 6.45) is 4.31. The maximum absolute atomic E-state index is 9.42. The van der Waals surface area contributed by atoms with Gasteiger partial charge < -0.3 is 0 Å². The van der Waals surface area contributed by atoms with E-state index in [9.17, 15) is 21.0 Å². The van der Waals surface area contributed by atoms with Crippen LogP contribution in [0.1, 0.15) is 32.0 Å². The molecule has 0 saturated heterocycles. The van der Waals surface area contributed by atoms with Crippen molar-refractivity contribution in [3.8, 4) is 46.5 Å². The topological polar surface area (TPSA) is 95.2 Å². The molecule has 0 aliphatic rings. The number of benzene rings is 3. The first-order valence-electron chi connectivity index (χ1n) is 15.6. The highest BCUT2D eigenvalue weighted by molar-refractivity contribution is 7.23. The van der Waals surface area contributed by atoms with Gasteiger partial charge >= 0.3 is 0 Å². The van der Waals surface area contributed by atoms with Crippen molar-refractivity contribution < 1.29 is 0 Å². The van der Waals surface area contributed by atoms with Crippen LogP contribution in [0.3, 0.4) is 0 Å². The molecule has 4 heterocycles. The molecule has 3 aromatic carbocycles. The van der Waals surface area contributed by atoms with E-state index in [0.29, 0.717) is 9.06 Å². The van der Waals surface area contributed by atoms with Crippen molar-refractivity contribution in [2.75, 3.05) is 0 Å². The van der Waals surface area contributed by atoms with Gasteiger partial charge in [-0.25, -0.2) is 0 Å². The summed E-state index contributed by atoms with van der Waals surface area (Å²) >= 11 is 6.44. The summed E-state index contributed by atoms with van der Waals surface area (Å²) in [4.78, 5) is 2.20. The fourth-order valence-electron chi connectivity index (χ4n) is 6.55. The maximum Gasteiger partial charge on any atom is 0.146 e. The minimum Gasteiger partial charge on any atom is -0.192 e. The molecule has 8 heteroatoms. The van der Waals surface area contributed by atoms with E-state index in [0.717, 1.165) is 18.8 Å². The van der Waals surface area contributed by atoms with E-state index in [1.807, 2.05) is 48.5 Å². The normalized spacial score (nSPS) is 11.8. The molecular weight excluding hydrogens is 689 g/mol. The van der Waals surface area contributed by atoms with Gasteiger partial charge in [-0.3, -0.25) is 0 Å². The highest BCUT2D eigenvalue weighted by atomic mass is 32.1. The molecule has 0 fully saturated rings. The zero-order valence-corrected chi connectivity index (χ0v) is 30.8. The van der Waals surface area contributed by atoms with E-state index < -0.39 is 0 Å². The van der Waals surface area contributed by atoms with Crippen LogP contribution in [0, 0.1) is 73.0 Å². The number of fused-ring (bicyclic) bond motifs is 2. The fourth-order valence-corrected chi connectivity index (χ4v) is 10.9. The molecule has 0 aliphatic carbocycles. The van der Waals surface area contributed by atoms with Crippen LogP contribution in [0.15, 0.2) is 72.8 Å². The molecule has 4 nitrogen and oxygen atoms in total. The largest absolute Gasteiger partial charge is 0.192 e. The SMILES string of the molecule is Cc1cccc(C)c1-c1c2cc(/C=c3\ccc(=C(C#N)C#N)s3)sc2c(-c2c(C)cccc2C)c2sc(/C=c3\ccc(=C(C#N)C#N)s3)cc12. The molecule has 7 aromatic rings. The zero-order valence-electron chi connectivity index (χ0n) is 27.5. The highest BCUT2D eigenvalue weighted by Gasteiger charge is 2.24. The van der Waals surface area contributed by atoms with Gasteiger partial charge in [-0.1, -0.05) is 36.4 Å². The molecule has 0 amide bonds. The Kier molecular flexibility index (Phi) is 8.81. The van der Waals surface area contributed by atoms with Crippen molar-refractivity contribution in [1.29, 1.82) is 21.0 Å². The predicted octanol–water partition coefficient (Wildman–Crippen LogP) is 8.86. The number of hydrogen-bond donors (Lipinski definition) is 0. The summed E-state index contributed by atoms with van der Waals surface area (Å²) in [5.41, 5.74) is 9.98. The number of hydrogen-bond acceptors (Lipinski definition) is 8. The van der Waals surface area contributed by atoms with Gasteiger partial charge in [-0.05, 0) is 115 Å². The molecule has 7 rings (SSSR count). The molecule has 50 heavy (non-hydrogen) atoms. The molecule has 0 aliphatic heterocycles. The quantitative estimate of drug-likeness (QED) is 0.182. The van der Waals surface area contributed by atoms with Crippen LogP contribution >= 0.6 is 45.3 Å². The molecule has 0 unspecified atom stereocenters. The summed E-state index contributed by atoms with van der Waals surface area (Å²) in [6.45, 7) is 8.71. The van der Waals surface area contributed by atoms with Crippen LogP contribution in [0.4, 0.5) is 0 Å². The fraction of sp³-hybridized carbons (Fsp3) is 0.0952. The number of rotatable bonds is 4. The molecule has 0 radical (unpaired) electrons. The van der Waals surface area contributed by atoms with Crippen LogP contribution in [0.2, 0.25) is 0 Å². The minimum absolute atomic E-state index is 0.126. The lowest BCUT2D eigenvalue weighted by Gasteiger charge is -2.18. The molecule has 0 spiro atoms. The third-order valence-corrected chi connectivity index (χ3v) is 13.0. The number of nitriles is 4. The van der Waals surface area contributed by atoms with Gasteiger partial charge in [0.15, 0.2) is 0 Å². The molecule has 4 aromatic heterocycles. The smallest absolute Gasteiger partial charge is 0.146 e. The molecule has 0 atom stereocenters. The van der Waals surface area contributed by atoms with E-state index in [2.05, 4.69) is 88.4 Å². The summed E-state index contributed by atoms with van der Waals surface area (Å²) in [7, 11) is 0. The van der Waals surface area contributed by atoms with E-state index in [1.165, 1.54) is 87.4 Å². The zero-order chi connectivity index (χ0) is 35.1. The monoisotopic (exact) mass is 714 g/mol. The first-order valence-corrected chi connectivity index (χ1v) is 18.9. The van der Waals surface area contributed by atoms with E-state index in [4.69, 9.17) is 0 Å². The Labute approximate surface area is 305 Å². The summed E-state index contributed by atoms with van der Waals surface area (Å²) in [5.74, 6) is 0. The third-order valence-electron chi connectivity index (χ3n) is 8.72. The maximum atomic E-state index is 9.42. The number of aryl methyl sites for hydroxylation is 4. The Hall–Kier alpha value is -5.58. The van der Waals surface area contributed by atoms with Gasteiger partial charge in [0.25, 0.3) is 0 Å². The van der Waals surface area contributed by atoms with E-state index in [-0.39, 0.29) is 11.1 Å². The Morgan fingerprint density at radius 3 is 1.24 bits per heavy atom. The Bertz CT molecular complexity index is 2640. The molecule has 0 saturated carbocycles. The van der Waals surface area contributed by atoms with Crippen molar-refractivity contribution in [2.45, 2.75) is 27.7 Å². The van der Waals surface area contributed by atoms with Crippen molar-refractivity contribution in [1.82, 2.24) is 0 Å². The van der Waals surface area contributed by atoms with Gasteiger partial charge in [0.05, 0.1) is 9.06 Å². The van der Waals surface area contributed by atoms with Crippen LogP contribution in [-0.2, 0) is 0 Å². The summed E-state index contributed by atoms with van der Waals surface area (Å²) in [6, 6.07) is 33.2. The second-order valence-corrected chi connectivity index (χ2v) is 16.4. The van der Waals surface area contributed by atoms with Gasteiger partial charge in [0, 0.05) is 44.6 Å². The van der Waals surface area contributed by atoms with Crippen molar-refractivity contribution >= 4 is 88.8 Å². The third kappa shape index (κ3) is 5.76. The first-order chi connectivity index (χ1) is 24.2. The summed E-state index contributed by atoms with van der Waals surface area (Å²) in [5, 5.41) is 40.1. The van der Waals surface area contributed by atoms with Crippen molar-refractivity contribution in [2.24, 2.45) is 0 Å². The van der Waals surface area contributed by atoms with Crippen molar-refractivity contribution in [3.05, 3.63) is 123 Å². The lowest BCUT2D eigenvalue weighted by Crippen LogP contribution is -1.96. The minimum atomic E-state index is 0.126. The van der Waals surface area contributed by atoms with E-state index in [1.54, 1.807) is 22.7 Å². The standard InChI is InChI=1S/C42H26N4S4/c1-23-7-5-8-24(2)37(23)39-33-17-31(15-29-11-13-35(47-29)27(19-43)20-44)49-41(33)40(38-25(3)9-6-10-26(38)4)42-34(39)18-32(50-42)16-30-12-14-36(48-30)28(21-45)22-46/h5-18H,1-4H3/b29-15+,30-16+. The first kappa shape index (κ1) is 32.9. The van der Waals surface area contributed by atoms with Gasteiger partial charge in [0.1, 0.15) is 35.4 Å². The molecule has 0 N–H and O–H groups in total. The molecule has 0 bridgehead atoms. The second kappa shape index (κ2) is 13.4. The Morgan fingerprint density at radius 1 is 0.480 bits per heavy atom. The molecular formula is C42H26N4S4. The van der Waals surface area contributed by atoms with Crippen LogP contribution in [0.5, 0.6) is 0 Å². The van der Waals surface area contributed by atoms with Gasteiger partial charge in [0.2, 0.25) is 0 Å². The van der Waals surface area contributed by atoms with Gasteiger partial charge in [-0.2, -0.15) is 21.0 Å². The Balaban J connectivity index is 1.62. The lowest BCUT2D eigenvalue weighted by molar-refractivity contribution is 1.39. The predicted molar refractivity (Wildman–Crippen MR) is 211 cm³/mol. The highest BCUT2D eigenvalue weighted by Crippen LogP contribution is 2.51. The Morgan fingerprint density at radius 2 is 0.860 bits per heavy atom. The van der Waals surface area contributed by atoms with Crippen LogP contribution in [0.25, 0.3) is 65.7 Å².